The van der Waals surface area contributed by atoms with Gasteiger partial charge in [-0.3, -0.25) is 4.55 Å². The Balaban J connectivity index is 1.09. The summed E-state index contributed by atoms with van der Waals surface area (Å²) in [7, 11) is -3.83. The lowest BCUT2D eigenvalue weighted by atomic mass is 9.41. The zero-order valence-corrected chi connectivity index (χ0v) is 34.4. The summed E-state index contributed by atoms with van der Waals surface area (Å²) in [5.41, 5.74) is -1.48. The van der Waals surface area contributed by atoms with E-state index >= 15 is 0 Å². The highest BCUT2D eigenvalue weighted by Crippen LogP contribution is 2.70. The lowest BCUT2D eigenvalue weighted by molar-refractivity contribution is -0.343. The van der Waals surface area contributed by atoms with Gasteiger partial charge in [-0.15, -0.1) is 0 Å². The van der Waals surface area contributed by atoms with Gasteiger partial charge in [-0.05, 0) is 73.5 Å². The SMILES string of the molecule is C=C(CC[C@@H](C)[C@H]1C[C@@H](O)[C@@H]2[C@]1(C)CC[C@@H]1[C@@]3(C)CC[C@H](O)[C@H](O)[C@@H]3[C@@H](O)C[C@]12O)[C@H](C)CO[C@@H]1OC[C@@H](O)[C@H](OS(=O)(=O)O)[C@H]1O[C@@H]1OC[C@@H](O)[C@H](O)[C@H]1OC. The average Bonchev–Trinajstić information content (AvgIpc) is 3.41. The molecule has 2 aliphatic heterocycles. The summed E-state index contributed by atoms with van der Waals surface area (Å²) in [5.74, 6) is -1.32. The molecule has 2 saturated heterocycles. The molecule has 9 N–H and O–H groups in total. The van der Waals surface area contributed by atoms with Gasteiger partial charge in [0.1, 0.15) is 36.6 Å². The lowest BCUT2D eigenvalue weighted by Gasteiger charge is -2.66. The molecule has 18 heteroatoms. The topological polar surface area (TPSA) is 272 Å². The van der Waals surface area contributed by atoms with E-state index in [1.54, 1.807) is 0 Å². The maximum Gasteiger partial charge on any atom is 0.397 e. The van der Waals surface area contributed by atoms with Crippen LogP contribution in [0.25, 0.3) is 0 Å². The van der Waals surface area contributed by atoms with Crippen LogP contribution >= 0.6 is 0 Å². The number of aliphatic hydroxyl groups excluding tert-OH is 7. The number of aliphatic hydroxyl groups is 8. The maximum absolute atomic E-state index is 12.6. The first-order valence-electron chi connectivity index (χ1n) is 20.4. The van der Waals surface area contributed by atoms with Crippen molar-refractivity contribution >= 4 is 10.4 Å². The zero-order valence-electron chi connectivity index (χ0n) is 33.6. The molecular formula is C39H66O17S. The molecule has 57 heavy (non-hydrogen) atoms. The van der Waals surface area contributed by atoms with Crippen molar-refractivity contribution in [3.63, 3.8) is 0 Å². The Morgan fingerprint density at radius 1 is 0.842 bits per heavy atom. The Bertz CT molecular complexity index is 1520. The molecule has 21 atom stereocenters. The van der Waals surface area contributed by atoms with E-state index in [-0.39, 0.29) is 43.3 Å². The van der Waals surface area contributed by atoms with Crippen molar-refractivity contribution in [2.24, 2.45) is 46.3 Å². The van der Waals surface area contributed by atoms with Crippen LogP contribution in [0.15, 0.2) is 12.2 Å². The van der Waals surface area contributed by atoms with E-state index in [0.29, 0.717) is 32.1 Å². The predicted octanol–water partition coefficient (Wildman–Crippen LogP) is 0.0422. The Morgan fingerprint density at radius 2 is 1.49 bits per heavy atom. The second-order valence-corrected chi connectivity index (χ2v) is 19.7. The largest absolute Gasteiger partial charge is 0.397 e. The molecule has 0 aromatic carbocycles. The molecule has 0 spiro atoms. The van der Waals surface area contributed by atoms with Gasteiger partial charge in [0.25, 0.3) is 0 Å². The van der Waals surface area contributed by atoms with Crippen LogP contribution < -0.4 is 0 Å². The van der Waals surface area contributed by atoms with Gasteiger partial charge in [0.15, 0.2) is 12.6 Å². The number of rotatable bonds is 13. The predicted molar refractivity (Wildman–Crippen MR) is 199 cm³/mol. The third-order valence-electron chi connectivity index (χ3n) is 15.2. The number of hydrogen-bond acceptors (Lipinski definition) is 16. The van der Waals surface area contributed by atoms with Crippen molar-refractivity contribution in [2.45, 2.75) is 158 Å². The molecule has 4 aliphatic carbocycles. The highest BCUT2D eigenvalue weighted by atomic mass is 32.3. The molecule has 4 saturated carbocycles. The van der Waals surface area contributed by atoms with E-state index in [1.165, 1.54) is 7.11 Å². The molecule has 17 nitrogen and oxygen atoms in total. The highest BCUT2D eigenvalue weighted by molar-refractivity contribution is 7.80. The van der Waals surface area contributed by atoms with E-state index in [4.69, 9.17) is 27.9 Å². The van der Waals surface area contributed by atoms with Crippen LogP contribution in [0.4, 0.5) is 0 Å². The molecule has 0 bridgehead atoms. The molecular weight excluding hydrogens is 772 g/mol. The first-order chi connectivity index (χ1) is 26.6. The normalized spacial score (nSPS) is 50.0. The fourth-order valence-corrected chi connectivity index (χ4v) is 12.8. The van der Waals surface area contributed by atoms with Crippen LogP contribution in [0.1, 0.15) is 79.1 Å². The van der Waals surface area contributed by atoms with Gasteiger partial charge in [-0.2, -0.15) is 8.42 Å². The number of hydrogen-bond donors (Lipinski definition) is 9. The monoisotopic (exact) mass is 838 g/mol. The second-order valence-electron chi connectivity index (χ2n) is 18.6. The second kappa shape index (κ2) is 17.1. The summed E-state index contributed by atoms with van der Waals surface area (Å²) in [5, 5.41) is 88.3. The molecule has 2 heterocycles. The Hall–Kier alpha value is -0.910. The standard InChI is InChI=1S/C39H66O17S/c1-18(20(3)15-52-35-33(31(26(44)17-53-35)56-57(48,49)50)55-36-32(51-6)30(46)25(43)16-54-36)7-8-19(2)21-13-23(41)34-37(21,4)12-10-27-38(5)11-9-22(40)29(45)28(38)24(42)14-39(27,34)47/h19-36,40-47H,1,7-17H2,2-6H3,(H,48,49,50)/t19-,20-,21-,22+,23-,24+,25-,26-,27-,28+,29+,30+,31+,32-,33-,34-,35-,36+,37-,38-,39+/m1/s1. The summed E-state index contributed by atoms with van der Waals surface area (Å²) in [6, 6.07) is 0. The first-order valence-corrected chi connectivity index (χ1v) is 21.8. The molecule has 6 rings (SSSR count). The van der Waals surface area contributed by atoms with E-state index in [9.17, 15) is 53.8 Å². The van der Waals surface area contributed by atoms with Crippen molar-refractivity contribution in [3.05, 3.63) is 12.2 Å². The number of fused-ring (bicyclic) bond motifs is 5. The molecule has 0 amide bonds. The minimum Gasteiger partial charge on any atom is -0.393 e. The van der Waals surface area contributed by atoms with Crippen LogP contribution in [0.5, 0.6) is 0 Å². The highest BCUT2D eigenvalue weighted by Gasteiger charge is 2.71. The van der Waals surface area contributed by atoms with Gasteiger partial charge in [0, 0.05) is 31.3 Å². The van der Waals surface area contributed by atoms with E-state index in [0.717, 1.165) is 18.4 Å². The fourth-order valence-electron chi connectivity index (χ4n) is 12.3. The van der Waals surface area contributed by atoms with Gasteiger partial charge in [0.05, 0.1) is 49.8 Å². The Kier molecular flexibility index (Phi) is 13.7. The smallest absolute Gasteiger partial charge is 0.393 e. The van der Waals surface area contributed by atoms with Crippen LogP contribution in [0.3, 0.4) is 0 Å². The van der Waals surface area contributed by atoms with Gasteiger partial charge < -0.3 is 64.5 Å². The third kappa shape index (κ3) is 8.51. The number of methoxy groups -OCH3 is 1. The van der Waals surface area contributed by atoms with Crippen LogP contribution in [-0.4, -0.2) is 160 Å². The van der Waals surface area contributed by atoms with Crippen molar-refractivity contribution in [1.82, 2.24) is 0 Å². The molecule has 0 radical (unpaired) electrons. The van der Waals surface area contributed by atoms with Crippen LogP contribution in [-0.2, 0) is 38.3 Å². The number of ether oxygens (including phenoxy) is 5. The third-order valence-corrected chi connectivity index (χ3v) is 15.7. The zero-order chi connectivity index (χ0) is 42.0. The van der Waals surface area contributed by atoms with Crippen LogP contribution in [0, 0.1) is 46.3 Å². The summed E-state index contributed by atoms with van der Waals surface area (Å²) in [6.07, 6.45) is -10.9. The van der Waals surface area contributed by atoms with E-state index in [2.05, 4.69) is 20.4 Å². The van der Waals surface area contributed by atoms with Gasteiger partial charge in [-0.1, -0.05) is 39.8 Å². The van der Waals surface area contributed by atoms with Crippen LogP contribution in [0.2, 0.25) is 0 Å². The summed E-state index contributed by atoms with van der Waals surface area (Å²) >= 11 is 0. The lowest BCUT2D eigenvalue weighted by Crippen LogP contribution is -2.70. The van der Waals surface area contributed by atoms with E-state index < -0.39 is 119 Å². The Labute approximate surface area is 335 Å². The molecule has 330 valence electrons. The molecule has 0 unspecified atom stereocenters. The summed E-state index contributed by atoms with van der Waals surface area (Å²) in [4.78, 5) is 0. The fraction of sp³-hybridized carbons (Fsp3) is 0.949. The molecule has 0 aromatic rings. The minimum atomic E-state index is -5.08. The molecule has 6 aliphatic rings. The van der Waals surface area contributed by atoms with Crippen molar-refractivity contribution in [3.8, 4) is 0 Å². The van der Waals surface area contributed by atoms with E-state index in [1.807, 2.05) is 13.8 Å². The molecule has 0 aromatic heterocycles. The summed E-state index contributed by atoms with van der Waals surface area (Å²) in [6.45, 7) is 11.8. The van der Waals surface area contributed by atoms with Gasteiger partial charge in [-0.25, -0.2) is 4.18 Å². The van der Waals surface area contributed by atoms with Gasteiger partial charge in [0.2, 0.25) is 0 Å². The van der Waals surface area contributed by atoms with Crippen molar-refractivity contribution in [2.75, 3.05) is 26.9 Å². The summed E-state index contributed by atoms with van der Waals surface area (Å²) < 4.78 is 66.3. The van der Waals surface area contributed by atoms with Crippen molar-refractivity contribution < 1.29 is 81.7 Å². The average molecular weight is 839 g/mol. The van der Waals surface area contributed by atoms with Crippen molar-refractivity contribution in [1.29, 1.82) is 0 Å². The maximum atomic E-state index is 12.6. The minimum absolute atomic E-state index is 0.0250. The first kappa shape index (κ1) is 45.6. The quantitative estimate of drug-likeness (QED) is 0.0875. The van der Waals surface area contributed by atoms with Gasteiger partial charge >= 0.3 is 10.4 Å². The molecule has 6 fully saturated rings. The Morgan fingerprint density at radius 3 is 2.16 bits per heavy atom.